The van der Waals surface area contributed by atoms with Gasteiger partial charge in [0.1, 0.15) is 5.03 Å². The van der Waals surface area contributed by atoms with Gasteiger partial charge >= 0.3 is 0 Å². The quantitative estimate of drug-likeness (QED) is 0.529. The normalized spacial score (nSPS) is 14.4. The Kier molecular flexibility index (Phi) is 7.17. The van der Waals surface area contributed by atoms with E-state index >= 15 is 0 Å². The highest BCUT2D eigenvalue weighted by molar-refractivity contribution is 9.10. The van der Waals surface area contributed by atoms with Crippen LogP contribution in [-0.2, 0) is 11.3 Å². The molecule has 2 heterocycles. The Morgan fingerprint density at radius 2 is 1.90 bits per heavy atom. The van der Waals surface area contributed by atoms with Gasteiger partial charge in [-0.05, 0) is 54.1 Å². The second-order valence-electron chi connectivity index (χ2n) is 6.96. The highest BCUT2D eigenvalue weighted by atomic mass is 79.9. The van der Waals surface area contributed by atoms with Crippen LogP contribution in [0.3, 0.4) is 0 Å². The molecular formula is C23H22BrN3O2S. The minimum absolute atomic E-state index is 0.161. The first-order valence-electron chi connectivity index (χ1n) is 9.76. The summed E-state index contributed by atoms with van der Waals surface area (Å²) in [7, 11) is 0. The molecule has 30 heavy (non-hydrogen) atoms. The van der Waals surface area contributed by atoms with Gasteiger partial charge in [-0.15, -0.1) is 0 Å². The lowest BCUT2D eigenvalue weighted by Gasteiger charge is -2.26. The summed E-state index contributed by atoms with van der Waals surface area (Å²) in [6.45, 7) is 4.27. The Morgan fingerprint density at radius 1 is 1.10 bits per heavy atom. The van der Waals surface area contributed by atoms with Crippen LogP contribution in [0.1, 0.15) is 15.9 Å². The summed E-state index contributed by atoms with van der Waals surface area (Å²) in [6.07, 6.45) is 1.71. The van der Waals surface area contributed by atoms with Gasteiger partial charge in [0.05, 0.1) is 18.8 Å². The lowest BCUT2D eigenvalue weighted by Crippen LogP contribution is -2.35. The average Bonchev–Trinajstić information content (AvgIpc) is 2.77. The third kappa shape index (κ3) is 5.70. The zero-order valence-electron chi connectivity index (χ0n) is 16.4. The van der Waals surface area contributed by atoms with E-state index in [9.17, 15) is 4.79 Å². The first-order valence-corrected chi connectivity index (χ1v) is 11.4. The van der Waals surface area contributed by atoms with Gasteiger partial charge in [-0.2, -0.15) is 0 Å². The molecule has 0 radical (unpaired) electrons. The Hall–Kier alpha value is -2.19. The van der Waals surface area contributed by atoms with Crippen LogP contribution >= 0.6 is 27.7 Å². The first-order chi connectivity index (χ1) is 14.7. The Balaban J connectivity index is 1.46. The van der Waals surface area contributed by atoms with Crippen molar-refractivity contribution in [3.63, 3.8) is 0 Å². The third-order valence-corrected chi connectivity index (χ3v) is 6.29. The van der Waals surface area contributed by atoms with E-state index in [0.717, 1.165) is 47.9 Å². The summed E-state index contributed by atoms with van der Waals surface area (Å²) in [6, 6.07) is 19.6. The maximum atomic E-state index is 13.0. The lowest BCUT2D eigenvalue weighted by atomic mass is 10.1. The number of pyridine rings is 1. The fraction of sp³-hybridized carbons (Fsp3) is 0.217. The zero-order valence-corrected chi connectivity index (χ0v) is 18.8. The Morgan fingerprint density at radius 3 is 2.70 bits per heavy atom. The fourth-order valence-corrected chi connectivity index (χ4v) is 4.37. The third-order valence-electron chi connectivity index (χ3n) is 4.74. The van der Waals surface area contributed by atoms with Gasteiger partial charge in [0, 0.05) is 40.9 Å². The number of benzene rings is 2. The number of nitrogens with zero attached hydrogens (tertiary/aromatic N) is 2. The highest BCUT2D eigenvalue weighted by Crippen LogP contribution is 2.30. The number of halogens is 1. The van der Waals surface area contributed by atoms with Crippen molar-refractivity contribution in [2.45, 2.75) is 16.5 Å². The predicted octanol–water partition coefficient (Wildman–Crippen LogP) is 5.08. The van der Waals surface area contributed by atoms with Crippen molar-refractivity contribution in [1.29, 1.82) is 0 Å². The molecule has 154 valence electrons. The summed E-state index contributed by atoms with van der Waals surface area (Å²) >= 11 is 4.92. The molecule has 0 spiro atoms. The van der Waals surface area contributed by atoms with E-state index < -0.39 is 0 Å². The van der Waals surface area contributed by atoms with Crippen LogP contribution in [0, 0.1) is 0 Å². The van der Waals surface area contributed by atoms with E-state index in [1.807, 2.05) is 42.5 Å². The van der Waals surface area contributed by atoms with Gasteiger partial charge in [-0.1, -0.05) is 39.8 Å². The van der Waals surface area contributed by atoms with Gasteiger partial charge in [0.15, 0.2) is 0 Å². The van der Waals surface area contributed by atoms with Gasteiger partial charge < -0.3 is 10.1 Å². The minimum Gasteiger partial charge on any atom is -0.379 e. The number of ether oxygens (including phenoxy) is 1. The van der Waals surface area contributed by atoms with Crippen LogP contribution < -0.4 is 5.32 Å². The number of nitrogens with one attached hydrogen (secondary N) is 1. The number of amides is 1. The second kappa shape index (κ2) is 10.2. The first kappa shape index (κ1) is 21.1. The molecule has 3 aromatic rings. The zero-order chi connectivity index (χ0) is 20.8. The minimum atomic E-state index is -0.161. The molecule has 0 unspecified atom stereocenters. The largest absolute Gasteiger partial charge is 0.379 e. The summed E-state index contributed by atoms with van der Waals surface area (Å²) in [4.78, 5) is 20.8. The van der Waals surface area contributed by atoms with Gasteiger partial charge in [-0.3, -0.25) is 9.69 Å². The van der Waals surface area contributed by atoms with E-state index in [1.54, 1.807) is 18.3 Å². The lowest BCUT2D eigenvalue weighted by molar-refractivity contribution is 0.0342. The van der Waals surface area contributed by atoms with Crippen LogP contribution in [0.5, 0.6) is 0 Å². The highest BCUT2D eigenvalue weighted by Gasteiger charge is 2.15. The molecule has 1 aromatic heterocycles. The fourth-order valence-electron chi connectivity index (χ4n) is 3.22. The number of carbonyl (C=O) groups excluding carboxylic acids is 1. The molecular weight excluding hydrogens is 462 g/mol. The Labute approximate surface area is 189 Å². The summed E-state index contributed by atoms with van der Waals surface area (Å²) in [5.74, 6) is -0.161. The number of morpholine rings is 1. The second-order valence-corrected chi connectivity index (χ2v) is 8.93. The van der Waals surface area contributed by atoms with Crippen molar-refractivity contribution < 1.29 is 9.53 Å². The van der Waals surface area contributed by atoms with Crippen LogP contribution in [0.15, 0.2) is 81.3 Å². The van der Waals surface area contributed by atoms with E-state index in [1.165, 1.54) is 17.3 Å². The smallest absolute Gasteiger partial charge is 0.258 e. The molecule has 1 N–H and O–H groups in total. The number of hydrogen-bond acceptors (Lipinski definition) is 5. The maximum Gasteiger partial charge on any atom is 0.258 e. The van der Waals surface area contributed by atoms with E-state index in [4.69, 9.17) is 4.74 Å². The number of carbonyl (C=O) groups is 1. The topological polar surface area (TPSA) is 54.5 Å². The molecule has 4 rings (SSSR count). The maximum absolute atomic E-state index is 13.0. The van der Waals surface area contributed by atoms with Crippen LogP contribution in [-0.4, -0.2) is 42.1 Å². The van der Waals surface area contributed by atoms with Crippen LogP contribution in [0.2, 0.25) is 0 Å². The summed E-state index contributed by atoms with van der Waals surface area (Å²) in [5.41, 5.74) is 2.52. The molecule has 1 aliphatic rings. The van der Waals surface area contributed by atoms with Crippen molar-refractivity contribution in [2.24, 2.45) is 0 Å². The van der Waals surface area contributed by atoms with Crippen molar-refractivity contribution in [2.75, 3.05) is 31.6 Å². The molecule has 1 amide bonds. The summed E-state index contributed by atoms with van der Waals surface area (Å²) in [5, 5.41) is 3.71. The van der Waals surface area contributed by atoms with Gasteiger partial charge in [0.25, 0.3) is 5.91 Å². The van der Waals surface area contributed by atoms with Crippen molar-refractivity contribution in [3.8, 4) is 0 Å². The molecule has 1 aliphatic heterocycles. The number of aromatic nitrogens is 1. The van der Waals surface area contributed by atoms with E-state index in [0.29, 0.717) is 10.6 Å². The van der Waals surface area contributed by atoms with Crippen LogP contribution in [0.25, 0.3) is 0 Å². The monoisotopic (exact) mass is 483 g/mol. The van der Waals surface area contributed by atoms with Crippen molar-refractivity contribution in [3.05, 3.63) is 82.5 Å². The Bertz CT molecular complexity index is 1010. The van der Waals surface area contributed by atoms with E-state index in [2.05, 4.69) is 37.2 Å². The van der Waals surface area contributed by atoms with Crippen LogP contribution in [0.4, 0.5) is 5.69 Å². The molecule has 0 saturated carbocycles. The molecule has 1 fully saturated rings. The van der Waals surface area contributed by atoms with Gasteiger partial charge in [-0.25, -0.2) is 4.98 Å². The van der Waals surface area contributed by atoms with Crippen molar-refractivity contribution >= 4 is 39.3 Å². The SMILES string of the molecule is O=C(Nc1cccc(CN2CCOCC2)c1)c1cccnc1Sc1ccc(Br)cc1. The number of anilines is 1. The summed E-state index contributed by atoms with van der Waals surface area (Å²) < 4.78 is 6.43. The predicted molar refractivity (Wildman–Crippen MR) is 123 cm³/mol. The molecule has 5 nitrogen and oxygen atoms in total. The van der Waals surface area contributed by atoms with Gasteiger partial charge in [0.2, 0.25) is 0 Å². The molecule has 0 bridgehead atoms. The average molecular weight is 484 g/mol. The van der Waals surface area contributed by atoms with Crippen molar-refractivity contribution in [1.82, 2.24) is 9.88 Å². The standard InChI is InChI=1S/C23H22BrN3O2S/c24-18-6-8-20(9-7-18)30-23-21(5-2-10-25-23)22(28)26-19-4-1-3-17(15-19)16-27-11-13-29-14-12-27/h1-10,15H,11-14,16H2,(H,26,28). The molecule has 0 atom stereocenters. The number of rotatable bonds is 6. The molecule has 1 saturated heterocycles. The molecule has 0 aliphatic carbocycles. The van der Waals surface area contributed by atoms with E-state index in [-0.39, 0.29) is 5.91 Å². The number of hydrogen-bond donors (Lipinski definition) is 1. The molecule has 2 aromatic carbocycles. The molecule has 7 heteroatoms.